The average molecular weight is 248 g/mol. The number of imidazole rings is 1. The van der Waals surface area contributed by atoms with Gasteiger partial charge in [0.15, 0.2) is 5.65 Å². The van der Waals surface area contributed by atoms with Crippen LogP contribution in [0.1, 0.15) is 0 Å². The largest absolute Gasteiger partial charge is 0.227 e. The van der Waals surface area contributed by atoms with Gasteiger partial charge in [0, 0.05) is 5.56 Å². The maximum Gasteiger partial charge on any atom is 0.154 e. The Kier molecular flexibility index (Phi) is 2.30. The van der Waals surface area contributed by atoms with Crippen molar-refractivity contribution in [2.24, 2.45) is 0 Å². The zero-order chi connectivity index (χ0) is 11.8. The zero-order valence-electron chi connectivity index (χ0n) is 8.64. The molecular formula is C12H7ClFN3. The quantitative estimate of drug-likeness (QED) is 0.661. The van der Waals surface area contributed by atoms with Crippen LogP contribution in [0.15, 0.2) is 42.6 Å². The van der Waals surface area contributed by atoms with E-state index in [9.17, 15) is 4.39 Å². The fourth-order valence-electron chi connectivity index (χ4n) is 1.65. The van der Waals surface area contributed by atoms with Crippen LogP contribution in [0.5, 0.6) is 0 Å². The molecule has 5 heteroatoms. The van der Waals surface area contributed by atoms with E-state index in [0.29, 0.717) is 22.1 Å². The zero-order valence-corrected chi connectivity index (χ0v) is 9.39. The highest BCUT2D eigenvalue weighted by Crippen LogP contribution is 2.19. The van der Waals surface area contributed by atoms with Crippen LogP contribution in [-0.4, -0.2) is 14.6 Å². The molecule has 0 aliphatic rings. The van der Waals surface area contributed by atoms with E-state index in [-0.39, 0.29) is 5.82 Å². The summed E-state index contributed by atoms with van der Waals surface area (Å²) in [6.45, 7) is 0. The molecule has 0 radical (unpaired) electrons. The van der Waals surface area contributed by atoms with Gasteiger partial charge in [-0.1, -0.05) is 23.7 Å². The summed E-state index contributed by atoms with van der Waals surface area (Å²) in [4.78, 5) is 4.34. The highest BCUT2D eigenvalue weighted by molar-refractivity contribution is 6.29. The minimum atomic E-state index is -0.287. The Morgan fingerprint density at radius 3 is 2.88 bits per heavy atom. The Morgan fingerprint density at radius 1 is 1.18 bits per heavy atom. The molecular weight excluding hydrogens is 241 g/mol. The normalized spacial score (nSPS) is 10.9. The number of halogens is 2. The van der Waals surface area contributed by atoms with Gasteiger partial charge in [0.05, 0.1) is 11.9 Å². The van der Waals surface area contributed by atoms with Crippen LogP contribution in [0, 0.1) is 5.82 Å². The van der Waals surface area contributed by atoms with Crippen LogP contribution < -0.4 is 0 Å². The lowest BCUT2D eigenvalue weighted by molar-refractivity contribution is 0.628. The highest BCUT2D eigenvalue weighted by atomic mass is 35.5. The van der Waals surface area contributed by atoms with Gasteiger partial charge in [-0.2, -0.15) is 5.10 Å². The third kappa shape index (κ3) is 1.87. The number of rotatable bonds is 1. The third-order valence-corrected chi connectivity index (χ3v) is 2.61. The summed E-state index contributed by atoms with van der Waals surface area (Å²) < 4.78 is 14.7. The first kappa shape index (κ1) is 10.2. The predicted molar refractivity (Wildman–Crippen MR) is 63.4 cm³/mol. The van der Waals surface area contributed by atoms with Gasteiger partial charge in [-0.3, -0.25) is 0 Å². The maximum atomic E-state index is 13.1. The van der Waals surface area contributed by atoms with E-state index in [2.05, 4.69) is 10.1 Å². The Morgan fingerprint density at radius 2 is 2.06 bits per heavy atom. The predicted octanol–water partition coefficient (Wildman–Crippen LogP) is 3.19. The van der Waals surface area contributed by atoms with Crippen LogP contribution in [0.4, 0.5) is 4.39 Å². The second-order valence-electron chi connectivity index (χ2n) is 3.60. The van der Waals surface area contributed by atoms with Gasteiger partial charge < -0.3 is 0 Å². The fourth-order valence-corrected chi connectivity index (χ4v) is 1.79. The van der Waals surface area contributed by atoms with Crippen LogP contribution >= 0.6 is 11.6 Å². The van der Waals surface area contributed by atoms with Crippen molar-refractivity contribution in [1.29, 1.82) is 0 Å². The standard InChI is InChI=1S/C12H7ClFN3/c13-11-4-5-12-15-10(7-17(12)16-11)8-2-1-3-9(14)6-8/h1-7H. The van der Waals surface area contributed by atoms with Crippen LogP contribution in [0.3, 0.4) is 0 Å². The van der Waals surface area contributed by atoms with Gasteiger partial charge in [0.1, 0.15) is 11.0 Å². The van der Waals surface area contributed by atoms with Gasteiger partial charge >= 0.3 is 0 Å². The first-order valence-corrected chi connectivity index (χ1v) is 5.38. The first-order chi connectivity index (χ1) is 8.22. The summed E-state index contributed by atoms with van der Waals surface area (Å²) >= 11 is 5.78. The molecule has 0 atom stereocenters. The molecule has 1 aromatic carbocycles. The molecule has 2 aromatic heterocycles. The van der Waals surface area contributed by atoms with E-state index in [0.717, 1.165) is 0 Å². The summed E-state index contributed by atoms with van der Waals surface area (Å²) in [5, 5.41) is 4.46. The van der Waals surface area contributed by atoms with Gasteiger partial charge in [0.25, 0.3) is 0 Å². The maximum absolute atomic E-state index is 13.1. The number of aromatic nitrogens is 3. The van der Waals surface area contributed by atoms with Crippen molar-refractivity contribution < 1.29 is 4.39 Å². The van der Waals surface area contributed by atoms with Crippen LogP contribution in [-0.2, 0) is 0 Å². The lowest BCUT2D eigenvalue weighted by atomic mass is 10.2. The minimum absolute atomic E-state index is 0.287. The number of hydrogen-bond acceptors (Lipinski definition) is 2. The van der Waals surface area contributed by atoms with Crippen LogP contribution in [0.2, 0.25) is 5.15 Å². The number of hydrogen-bond donors (Lipinski definition) is 0. The topological polar surface area (TPSA) is 30.2 Å². The molecule has 0 aliphatic heterocycles. The fraction of sp³-hybridized carbons (Fsp3) is 0. The van der Waals surface area contributed by atoms with E-state index >= 15 is 0 Å². The van der Waals surface area contributed by atoms with Gasteiger partial charge in [-0.05, 0) is 24.3 Å². The molecule has 0 aliphatic carbocycles. The van der Waals surface area contributed by atoms with Gasteiger partial charge in [-0.15, -0.1) is 0 Å². The Balaban J connectivity index is 2.18. The molecule has 84 valence electrons. The summed E-state index contributed by atoms with van der Waals surface area (Å²) in [6, 6.07) is 9.71. The smallest absolute Gasteiger partial charge is 0.154 e. The molecule has 0 amide bonds. The van der Waals surface area contributed by atoms with Crippen molar-refractivity contribution in [2.45, 2.75) is 0 Å². The van der Waals surface area contributed by atoms with Crippen molar-refractivity contribution >= 4 is 17.2 Å². The molecule has 3 nitrogen and oxygen atoms in total. The molecule has 3 rings (SSSR count). The Hall–Kier alpha value is -1.94. The molecule has 0 fully saturated rings. The summed E-state index contributed by atoms with van der Waals surface area (Å²) in [5.41, 5.74) is 2.06. The summed E-state index contributed by atoms with van der Waals surface area (Å²) in [7, 11) is 0. The summed E-state index contributed by atoms with van der Waals surface area (Å²) in [6.07, 6.45) is 1.72. The second kappa shape index (κ2) is 3.82. The van der Waals surface area contributed by atoms with E-state index < -0.39 is 0 Å². The van der Waals surface area contributed by atoms with Crippen molar-refractivity contribution in [1.82, 2.24) is 14.6 Å². The van der Waals surface area contributed by atoms with E-state index in [4.69, 9.17) is 11.6 Å². The monoisotopic (exact) mass is 247 g/mol. The Bertz CT molecular complexity index is 693. The average Bonchev–Trinajstić information content (AvgIpc) is 2.72. The van der Waals surface area contributed by atoms with Crippen molar-refractivity contribution in [3.8, 4) is 11.3 Å². The molecule has 0 unspecified atom stereocenters. The Labute approximate surface area is 101 Å². The SMILES string of the molecule is Fc1cccc(-c2cn3nc(Cl)ccc3n2)c1. The molecule has 0 saturated heterocycles. The lowest BCUT2D eigenvalue weighted by Crippen LogP contribution is -1.88. The molecule has 17 heavy (non-hydrogen) atoms. The highest BCUT2D eigenvalue weighted by Gasteiger charge is 2.06. The molecule has 0 saturated carbocycles. The van der Waals surface area contributed by atoms with Gasteiger partial charge in [0.2, 0.25) is 0 Å². The van der Waals surface area contributed by atoms with Gasteiger partial charge in [-0.25, -0.2) is 13.9 Å². The molecule has 2 heterocycles. The first-order valence-electron chi connectivity index (χ1n) is 5.00. The number of benzene rings is 1. The molecule has 3 aromatic rings. The van der Waals surface area contributed by atoms with Crippen molar-refractivity contribution in [3.05, 3.63) is 53.6 Å². The molecule has 0 N–H and O–H groups in total. The van der Waals surface area contributed by atoms with E-state index in [1.165, 1.54) is 12.1 Å². The summed E-state index contributed by atoms with van der Waals surface area (Å²) in [5.74, 6) is -0.287. The lowest BCUT2D eigenvalue weighted by Gasteiger charge is -1.94. The van der Waals surface area contributed by atoms with E-state index in [1.54, 1.807) is 35.0 Å². The number of nitrogens with zero attached hydrogens (tertiary/aromatic N) is 3. The third-order valence-electron chi connectivity index (χ3n) is 2.41. The van der Waals surface area contributed by atoms with Crippen molar-refractivity contribution in [2.75, 3.05) is 0 Å². The second-order valence-corrected chi connectivity index (χ2v) is 3.98. The minimum Gasteiger partial charge on any atom is -0.227 e. The molecule has 0 bridgehead atoms. The molecule has 0 spiro atoms. The van der Waals surface area contributed by atoms with Crippen molar-refractivity contribution in [3.63, 3.8) is 0 Å². The van der Waals surface area contributed by atoms with Crippen LogP contribution in [0.25, 0.3) is 16.9 Å². The number of fused-ring (bicyclic) bond motifs is 1. The van der Waals surface area contributed by atoms with E-state index in [1.807, 2.05) is 0 Å².